The van der Waals surface area contributed by atoms with Crippen molar-refractivity contribution in [1.82, 2.24) is 0 Å². The zero-order valence-electron chi connectivity index (χ0n) is 26.6. The molecule has 50 heavy (non-hydrogen) atoms. The largest absolute Gasteiger partial charge is 0.0831 e. The maximum Gasteiger partial charge on any atom is 0.0554 e. The van der Waals surface area contributed by atoms with Gasteiger partial charge < -0.3 is 0 Å². The molecule has 10 aromatic carbocycles. The van der Waals surface area contributed by atoms with E-state index < -0.39 is 0 Å². The van der Waals surface area contributed by atoms with E-state index >= 15 is 0 Å². The van der Waals surface area contributed by atoms with E-state index in [-0.39, 0.29) is 0 Å². The lowest BCUT2D eigenvalue weighted by Crippen LogP contribution is -1.94. The second-order valence-corrected chi connectivity index (χ2v) is 15.0. The first-order valence-electron chi connectivity index (χ1n) is 17.1. The van der Waals surface area contributed by atoms with Crippen LogP contribution in [0.25, 0.3) is 121 Å². The minimum atomic E-state index is 0.712. The Balaban J connectivity index is 1.29. The van der Waals surface area contributed by atoms with Crippen molar-refractivity contribution < 1.29 is 0 Å². The van der Waals surface area contributed by atoms with Gasteiger partial charge in [-0.15, -0.1) is 0 Å². The molecule has 12 rings (SSSR count). The van der Waals surface area contributed by atoms with Crippen molar-refractivity contribution in [2.45, 2.75) is 0 Å². The van der Waals surface area contributed by atoms with E-state index in [1.165, 1.54) is 115 Å². The summed E-state index contributed by atoms with van der Waals surface area (Å²) >= 11 is 10.7. The van der Waals surface area contributed by atoms with Crippen LogP contribution in [0.2, 0.25) is 5.02 Å². The molecule has 230 valence electrons. The summed E-state index contributed by atoms with van der Waals surface area (Å²) in [6.45, 7) is 0. The minimum absolute atomic E-state index is 0.712. The van der Waals surface area contributed by atoms with Crippen LogP contribution in [0, 0.1) is 0 Å². The zero-order valence-corrected chi connectivity index (χ0v) is 29.0. The van der Waals surface area contributed by atoms with E-state index in [1.807, 2.05) is 0 Å². The summed E-state index contributed by atoms with van der Waals surface area (Å²) < 4.78 is 0.901. The number of benzene rings is 10. The molecule has 0 saturated carbocycles. The molecule has 2 aliphatic rings. The normalized spacial score (nSPS) is 12.6. The smallest absolute Gasteiger partial charge is 0.0554 e. The average molecular weight is 716 g/mol. The summed E-state index contributed by atoms with van der Waals surface area (Å²) in [5.74, 6) is 0. The molecule has 0 spiro atoms. The molecular formula is C48H24BrCl. The minimum Gasteiger partial charge on any atom is -0.0831 e. The lowest BCUT2D eigenvalue weighted by Gasteiger charge is -2.21. The predicted molar refractivity (Wildman–Crippen MR) is 218 cm³/mol. The van der Waals surface area contributed by atoms with Crippen LogP contribution in [0.3, 0.4) is 0 Å². The van der Waals surface area contributed by atoms with Crippen molar-refractivity contribution in [2.24, 2.45) is 0 Å². The molecule has 0 aromatic heterocycles. The van der Waals surface area contributed by atoms with Crippen LogP contribution in [0.5, 0.6) is 0 Å². The van der Waals surface area contributed by atoms with E-state index in [1.54, 1.807) is 0 Å². The second kappa shape index (κ2) is 9.61. The number of hydrogen-bond donors (Lipinski definition) is 0. The highest BCUT2D eigenvalue weighted by molar-refractivity contribution is 9.10. The van der Waals surface area contributed by atoms with E-state index in [2.05, 4.69) is 162 Å². The third-order valence-electron chi connectivity index (χ3n) is 11.4. The monoisotopic (exact) mass is 714 g/mol. The zero-order chi connectivity index (χ0) is 32.8. The molecule has 0 bridgehead atoms. The van der Waals surface area contributed by atoms with Gasteiger partial charge in [0.05, 0.1) is 5.02 Å². The van der Waals surface area contributed by atoms with Crippen molar-refractivity contribution in [2.75, 3.05) is 0 Å². The van der Waals surface area contributed by atoms with Crippen molar-refractivity contribution in [3.05, 3.63) is 155 Å². The first-order chi connectivity index (χ1) is 24.7. The molecular weight excluding hydrogens is 692 g/mol. The van der Waals surface area contributed by atoms with Gasteiger partial charge in [-0.05, 0) is 149 Å². The Morgan fingerprint density at radius 2 is 0.720 bits per heavy atom. The van der Waals surface area contributed by atoms with Gasteiger partial charge in [0.2, 0.25) is 0 Å². The SMILES string of the molecule is Clc1cc2c(-c3ccccc3)c3c(c(-c4ccccc4)c2cc1Br)-c1ccc2c4ccc5c6c(ccc(c7ccc-3c1c72)c64)-c1ccccc1-5. The summed E-state index contributed by atoms with van der Waals surface area (Å²) in [4.78, 5) is 0. The highest BCUT2D eigenvalue weighted by Crippen LogP contribution is 2.61. The van der Waals surface area contributed by atoms with Crippen molar-refractivity contribution in [3.8, 4) is 66.8 Å². The first kappa shape index (κ1) is 27.4. The molecule has 0 radical (unpaired) electrons. The lowest BCUT2D eigenvalue weighted by molar-refractivity contribution is 1.61. The van der Waals surface area contributed by atoms with Crippen molar-refractivity contribution in [3.63, 3.8) is 0 Å². The van der Waals surface area contributed by atoms with Gasteiger partial charge in [-0.2, -0.15) is 0 Å². The van der Waals surface area contributed by atoms with Gasteiger partial charge in [0.25, 0.3) is 0 Å². The van der Waals surface area contributed by atoms with Gasteiger partial charge in [-0.1, -0.05) is 145 Å². The Bertz CT molecular complexity index is 2940. The second-order valence-electron chi connectivity index (χ2n) is 13.7. The number of hydrogen-bond acceptors (Lipinski definition) is 0. The van der Waals surface area contributed by atoms with Crippen LogP contribution in [-0.2, 0) is 0 Å². The van der Waals surface area contributed by atoms with E-state index in [9.17, 15) is 0 Å². The Hall–Kier alpha value is -5.47. The number of halogens is 2. The predicted octanol–water partition coefficient (Wildman–Crippen LogP) is 14.9. The van der Waals surface area contributed by atoms with E-state index in [0.717, 1.165) is 9.86 Å². The van der Waals surface area contributed by atoms with Crippen LogP contribution in [0.1, 0.15) is 0 Å². The number of fused-ring (bicyclic) bond motifs is 9. The molecule has 10 aromatic rings. The Morgan fingerprint density at radius 1 is 0.320 bits per heavy atom. The maximum absolute atomic E-state index is 6.93. The molecule has 0 aliphatic heterocycles. The molecule has 0 amide bonds. The topological polar surface area (TPSA) is 0 Å². The summed E-state index contributed by atoms with van der Waals surface area (Å²) in [5, 5.41) is 13.8. The molecule has 0 unspecified atom stereocenters. The Labute approximate surface area is 301 Å². The fourth-order valence-corrected chi connectivity index (χ4v) is 10.0. The van der Waals surface area contributed by atoms with Crippen LogP contribution >= 0.6 is 27.5 Å². The molecule has 0 heterocycles. The molecule has 0 atom stereocenters. The van der Waals surface area contributed by atoms with E-state index in [4.69, 9.17) is 11.6 Å². The van der Waals surface area contributed by atoms with Gasteiger partial charge in [0.15, 0.2) is 0 Å². The number of rotatable bonds is 2. The quantitative estimate of drug-likeness (QED) is 0.123. The third kappa shape index (κ3) is 3.28. The molecule has 0 nitrogen and oxygen atoms in total. The lowest BCUT2D eigenvalue weighted by atomic mass is 9.82. The Morgan fingerprint density at radius 3 is 1.20 bits per heavy atom. The van der Waals surface area contributed by atoms with Gasteiger partial charge >= 0.3 is 0 Å². The fourth-order valence-electron chi connectivity index (χ4n) is 9.54. The third-order valence-corrected chi connectivity index (χ3v) is 12.6. The highest BCUT2D eigenvalue weighted by Gasteiger charge is 2.33. The molecule has 0 saturated heterocycles. The maximum atomic E-state index is 6.93. The first-order valence-corrected chi connectivity index (χ1v) is 18.2. The van der Waals surface area contributed by atoms with Gasteiger partial charge in [0, 0.05) is 4.47 Å². The van der Waals surface area contributed by atoms with E-state index in [0.29, 0.717) is 5.02 Å². The highest BCUT2D eigenvalue weighted by atomic mass is 79.9. The van der Waals surface area contributed by atoms with Gasteiger partial charge in [0.1, 0.15) is 0 Å². The Kier molecular flexibility index (Phi) is 5.26. The van der Waals surface area contributed by atoms with Crippen LogP contribution < -0.4 is 0 Å². The van der Waals surface area contributed by atoms with Gasteiger partial charge in [-0.3, -0.25) is 0 Å². The van der Waals surface area contributed by atoms with Gasteiger partial charge in [-0.25, -0.2) is 0 Å². The van der Waals surface area contributed by atoms with Crippen LogP contribution in [0.4, 0.5) is 0 Å². The summed E-state index contributed by atoms with van der Waals surface area (Å²) in [6, 6.07) is 54.0. The van der Waals surface area contributed by atoms with Crippen molar-refractivity contribution >= 4 is 81.4 Å². The average Bonchev–Trinajstić information content (AvgIpc) is 3.67. The molecule has 2 aliphatic carbocycles. The van der Waals surface area contributed by atoms with Crippen LogP contribution in [-0.4, -0.2) is 0 Å². The molecule has 2 heteroatoms. The van der Waals surface area contributed by atoms with Crippen molar-refractivity contribution in [1.29, 1.82) is 0 Å². The molecule has 0 N–H and O–H groups in total. The van der Waals surface area contributed by atoms with Crippen LogP contribution in [0.15, 0.2) is 150 Å². The summed E-state index contributed by atoms with van der Waals surface area (Å²) in [6.07, 6.45) is 0. The molecule has 0 fully saturated rings. The summed E-state index contributed by atoms with van der Waals surface area (Å²) in [7, 11) is 0. The standard InChI is InChI=1S/C48H24BrCl/c49-39-23-37-38(24-40(39)50)42(26-11-5-2-6-12-26)48-36-22-20-34-32-18-16-30-28-14-8-7-13-27(28)29-15-17-31(44(32)43(29)30)33-19-21-35(46(36)45(33)34)47(48)41(37)25-9-3-1-4-10-25/h1-24H. The fraction of sp³-hybridized carbons (Fsp3) is 0. The summed E-state index contributed by atoms with van der Waals surface area (Å²) in [5.41, 5.74) is 15.4.